The molecule has 1 aliphatic heterocycles. The maximum absolute atomic E-state index is 11.7. The van der Waals surface area contributed by atoms with E-state index in [9.17, 15) is 4.79 Å². The van der Waals surface area contributed by atoms with Gasteiger partial charge >= 0.3 is 0 Å². The van der Waals surface area contributed by atoms with Gasteiger partial charge in [0.1, 0.15) is 23.1 Å². The number of aromatic amines is 1. The summed E-state index contributed by atoms with van der Waals surface area (Å²) < 4.78 is 6.29. The van der Waals surface area contributed by atoms with Crippen molar-refractivity contribution in [1.82, 2.24) is 15.0 Å². The van der Waals surface area contributed by atoms with Gasteiger partial charge in [-0.2, -0.15) is 0 Å². The van der Waals surface area contributed by atoms with Crippen molar-refractivity contribution in [2.45, 2.75) is 38.0 Å². The zero-order valence-corrected chi connectivity index (χ0v) is 17.7. The van der Waals surface area contributed by atoms with E-state index in [0.29, 0.717) is 36.4 Å². The minimum atomic E-state index is 0.00578. The quantitative estimate of drug-likeness (QED) is 0.487. The highest BCUT2D eigenvalue weighted by atomic mass is 16.5. The van der Waals surface area contributed by atoms with Gasteiger partial charge < -0.3 is 15.0 Å². The molecule has 2 aromatic heterocycles. The number of fused-ring (bicyclic) bond motifs is 5. The predicted octanol–water partition coefficient (Wildman–Crippen LogP) is 5.00. The number of hydrogen-bond donors (Lipinski definition) is 2. The number of nitrogens with zero attached hydrogens (tertiary/aromatic N) is 2. The van der Waals surface area contributed by atoms with Gasteiger partial charge in [0.2, 0.25) is 5.91 Å². The molecule has 1 amide bonds. The lowest BCUT2D eigenvalue weighted by molar-refractivity contribution is -0.116. The highest BCUT2D eigenvalue weighted by molar-refractivity contribution is 5.93. The van der Waals surface area contributed by atoms with E-state index in [2.05, 4.69) is 58.6 Å². The summed E-state index contributed by atoms with van der Waals surface area (Å²) in [5.41, 5.74) is 7.17. The number of H-pyrrole nitrogens is 1. The van der Waals surface area contributed by atoms with E-state index in [-0.39, 0.29) is 5.91 Å². The van der Waals surface area contributed by atoms with Crippen LogP contribution in [0.2, 0.25) is 0 Å². The van der Waals surface area contributed by atoms with Crippen molar-refractivity contribution < 1.29 is 9.53 Å². The molecule has 0 spiro atoms. The third kappa shape index (κ3) is 2.68. The predicted molar refractivity (Wildman–Crippen MR) is 121 cm³/mol. The molecule has 2 aliphatic carbocycles. The molecule has 32 heavy (non-hydrogen) atoms. The van der Waals surface area contributed by atoms with Crippen molar-refractivity contribution in [2.24, 2.45) is 5.92 Å². The zero-order chi connectivity index (χ0) is 21.4. The number of rotatable bonds is 3. The molecule has 3 aliphatic rings. The molecule has 2 N–H and O–H groups in total. The fraction of sp³-hybridized carbons (Fsp3) is 0.269. The first-order chi connectivity index (χ1) is 15.6. The Morgan fingerprint density at radius 1 is 1.06 bits per heavy atom. The molecule has 4 aromatic rings. The molecular formula is C26H22N4O2. The van der Waals surface area contributed by atoms with Crippen LogP contribution in [0.15, 0.2) is 48.7 Å². The van der Waals surface area contributed by atoms with Gasteiger partial charge in [-0.25, -0.2) is 9.97 Å². The smallest absolute Gasteiger partial charge is 0.225 e. The van der Waals surface area contributed by atoms with E-state index in [0.717, 1.165) is 40.3 Å². The first-order valence-electron chi connectivity index (χ1n) is 11.2. The molecule has 3 heterocycles. The minimum absolute atomic E-state index is 0.00578. The zero-order valence-electron chi connectivity index (χ0n) is 17.7. The Morgan fingerprint density at radius 2 is 2.00 bits per heavy atom. The van der Waals surface area contributed by atoms with Gasteiger partial charge in [0, 0.05) is 24.1 Å². The molecule has 0 bridgehead atoms. The van der Waals surface area contributed by atoms with Crippen LogP contribution in [0.25, 0.3) is 11.0 Å². The number of pyridine rings is 1. The summed E-state index contributed by atoms with van der Waals surface area (Å²) in [6, 6.07) is 14.7. The van der Waals surface area contributed by atoms with Crippen LogP contribution in [0.3, 0.4) is 0 Å². The lowest BCUT2D eigenvalue weighted by Gasteiger charge is -2.19. The van der Waals surface area contributed by atoms with Gasteiger partial charge in [0.05, 0.1) is 11.0 Å². The summed E-state index contributed by atoms with van der Waals surface area (Å²) in [6.07, 6.45) is 3.89. The fourth-order valence-corrected chi connectivity index (χ4v) is 5.59. The van der Waals surface area contributed by atoms with Crippen molar-refractivity contribution >= 4 is 22.8 Å². The minimum Gasteiger partial charge on any atom is -0.457 e. The molecule has 1 saturated carbocycles. The van der Waals surface area contributed by atoms with E-state index >= 15 is 0 Å². The molecule has 158 valence electrons. The second-order valence-electron chi connectivity index (χ2n) is 9.21. The van der Waals surface area contributed by atoms with Crippen molar-refractivity contribution in [2.75, 3.05) is 5.32 Å². The summed E-state index contributed by atoms with van der Waals surface area (Å²) in [4.78, 5) is 24.4. The Bertz CT molecular complexity index is 1420. The Labute approximate surface area is 185 Å². The Balaban J connectivity index is 1.18. The van der Waals surface area contributed by atoms with E-state index in [1.165, 1.54) is 16.7 Å². The van der Waals surface area contributed by atoms with E-state index < -0.39 is 0 Å². The molecular weight excluding hydrogens is 400 g/mol. The highest BCUT2D eigenvalue weighted by Gasteiger charge is 2.57. The molecule has 6 nitrogen and oxygen atoms in total. The molecule has 1 fully saturated rings. The maximum Gasteiger partial charge on any atom is 0.225 e. The van der Waals surface area contributed by atoms with Gasteiger partial charge in [-0.05, 0) is 78.6 Å². The van der Waals surface area contributed by atoms with Gasteiger partial charge in [-0.1, -0.05) is 12.1 Å². The normalized spacial score (nSPS) is 22.8. The van der Waals surface area contributed by atoms with Crippen molar-refractivity contribution in [3.63, 3.8) is 0 Å². The number of nitrogens with one attached hydrogen (secondary N) is 2. The summed E-state index contributed by atoms with van der Waals surface area (Å²) >= 11 is 0. The third-order valence-electron chi connectivity index (χ3n) is 7.17. The van der Waals surface area contributed by atoms with Crippen LogP contribution in [0.5, 0.6) is 11.5 Å². The lowest BCUT2D eigenvalue weighted by atomic mass is 10.0. The van der Waals surface area contributed by atoms with Crippen LogP contribution in [0.4, 0.5) is 5.82 Å². The number of ether oxygens (including phenoxy) is 1. The summed E-state index contributed by atoms with van der Waals surface area (Å²) in [7, 11) is 0. The van der Waals surface area contributed by atoms with E-state index in [1.807, 2.05) is 6.07 Å². The molecule has 0 unspecified atom stereocenters. The molecule has 3 atom stereocenters. The number of hydrogen-bond acceptors (Lipinski definition) is 4. The third-order valence-corrected chi connectivity index (χ3v) is 7.17. The van der Waals surface area contributed by atoms with Crippen molar-refractivity contribution in [1.29, 1.82) is 0 Å². The largest absolute Gasteiger partial charge is 0.457 e. The average Bonchev–Trinajstić information content (AvgIpc) is 3.14. The Hall–Kier alpha value is -3.67. The lowest BCUT2D eigenvalue weighted by Crippen LogP contribution is -2.20. The number of amides is 1. The van der Waals surface area contributed by atoms with Gasteiger partial charge in [0.15, 0.2) is 0 Å². The van der Waals surface area contributed by atoms with E-state index in [4.69, 9.17) is 9.72 Å². The van der Waals surface area contributed by atoms with Gasteiger partial charge in [0.25, 0.3) is 0 Å². The van der Waals surface area contributed by atoms with Gasteiger partial charge in [-0.15, -0.1) is 0 Å². The van der Waals surface area contributed by atoms with Crippen LogP contribution in [-0.4, -0.2) is 20.9 Å². The Kier molecular flexibility index (Phi) is 3.60. The number of benzene rings is 2. The highest BCUT2D eigenvalue weighted by Crippen LogP contribution is 2.66. The second kappa shape index (κ2) is 6.42. The van der Waals surface area contributed by atoms with Crippen LogP contribution < -0.4 is 10.1 Å². The average molecular weight is 422 g/mol. The number of imidazole rings is 1. The summed E-state index contributed by atoms with van der Waals surface area (Å²) in [6.45, 7) is 2.11. The molecule has 0 saturated heterocycles. The number of aromatic nitrogens is 3. The fourth-order valence-electron chi connectivity index (χ4n) is 5.59. The number of anilines is 1. The topological polar surface area (TPSA) is 79.9 Å². The molecule has 2 aromatic carbocycles. The SMILES string of the molecule is Cc1ccc2nc([C@H]3[C@@H]4Cc5ccc(Oc6ccnc7c6CCC(=O)N7)cc5[C@@H]43)[nH]c2c1. The van der Waals surface area contributed by atoms with Crippen LogP contribution >= 0.6 is 0 Å². The molecule has 7 rings (SSSR count). The monoisotopic (exact) mass is 422 g/mol. The van der Waals surface area contributed by atoms with E-state index in [1.54, 1.807) is 6.20 Å². The van der Waals surface area contributed by atoms with Crippen molar-refractivity contribution in [3.8, 4) is 11.5 Å². The summed E-state index contributed by atoms with van der Waals surface area (Å²) in [5.74, 6) is 4.90. The van der Waals surface area contributed by atoms with Crippen molar-refractivity contribution in [3.05, 3.63) is 76.7 Å². The summed E-state index contributed by atoms with van der Waals surface area (Å²) in [5, 5.41) is 2.84. The molecule has 0 radical (unpaired) electrons. The van der Waals surface area contributed by atoms with Crippen LogP contribution in [-0.2, 0) is 17.6 Å². The Morgan fingerprint density at radius 3 is 2.94 bits per heavy atom. The number of carbonyl (C=O) groups excluding carboxylic acids is 1. The standard InChI is InChI=1S/C26H22N4O2/c1-13-2-6-19-20(10-13)29-26(28-19)24-18-11-14-3-4-15(12-17(14)23(18)24)32-21-8-9-27-25-16(21)5-7-22(31)30-25/h2-4,6,8-10,12,18,23-24H,5,7,11H2,1H3,(H,28,29)(H,27,30,31)/t18-,23+,24+/m1/s1. The maximum atomic E-state index is 11.7. The van der Waals surface area contributed by atoms with Gasteiger partial charge in [-0.3, -0.25) is 4.79 Å². The first-order valence-corrected chi connectivity index (χ1v) is 11.2. The first kappa shape index (κ1) is 18.0. The number of aryl methyl sites for hydroxylation is 1. The molecule has 6 heteroatoms. The number of carbonyl (C=O) groups is 1. The second-order valence-corrected chi connectivity index (χ2v) is 9.21. The van der Waals surface area contributed by atoms with Crippen LogP contribution in [0.1, 0.15) is 46.3 Å². The van der Waals surface area contributed by atoms with Crippen LogP contribution in [0, 0.1) is 12.8 Å².